The maximum absolute atomic E-state index is 12.7. The lowest BCUT2D eigenvalue weighted by Gasteiger charge is -2.25. The summed E-state index contributed by atoms with van der Waals surface area (Å²) in [6, 6.07) is 10.2. The molecule has 0 bridgehead atoms. The Kier molecular flexibility index (Phi) is 6.34. The van der Waals surface area contributed by atoms with Gasteiger partial charge in [0.1, 0.15) is 0 Å². The average molecular weight is 417 g/mol. The SMILES string of the molecule is COc1cc(C(C)=O)ccc1OC(=O)c1ccc(S(=O)(=O)N2CCCCC2)cc1. The molecule has 0 saturated carbocycles. The Morgan fingerprint density at radius 2 is 1.52 bits per heavy atom. The number of carbonyl (C=O) groups excluding carboxylic acids is 2. The smallest absolute Gasteiger partial charge is 0.343 e. The Bertz CT molecular complexity index is 1010. The summed E-state index contributed by atoms with van der Waals surface area (Å²) < 4.78 is 37.4. The summed E-state index contributed by atoms with van der Waals surface area (Å²) in [4.78, 5) is 24.1. The van der Waals surface area contributed by atoms with Crippen LogP contribution in [0.2, 0.25) is 0 Å². The lowest BCUT2D eigenvalue weighted by molar-refractivity contribution is 0.0729. The first-order valence-corrected chi connectivity index (χ1v) is 10.8. The molecular weight excluding hydrogens is 394 g/mol. The van der Waals surface area contributed by atoms with Crippen LogP contribution in [-0.4, -0.2) is 44.7 Å². The van der Waals surface area contributed by atoms with Crippen molar-refractivity contribution < 1.29 is 27.5 Å². The van der Waals surface area contributed by atoms with Crippen molar-refractivity contribution in [3.8, 4) is 11.5 Å². The molecule has 0 radical (unpaired) electrons. The fourth-order valence-electron chi connectivity index (χ4n) is 3.15. The molecule has 1 aliphatic heterocycles. The molecule has 1 saturated heterocycles. The van der Waals surface area contributed by atoms with Crippen LogP contribution >= 0.6 is 0 Å². The number of rotatable bonds is 6. The van der Waals surface area contributed by atoms with Gasteiger partial charge in [0.05, 0.1) is 17.6 Å². The molecule has 8 heteroatoms. The van der Waals surface area contributed by atoms with Gasteiger partial charge in [-0.2, -0.15) is 4.31 Å². The topological polar surface area (TPSA) is 90.0 Å². The van der Waals surface area contributed by atoms with E-state index in [4.69, 9.17) is 9.47 Å². The number of esters is 1. The van der Waals surface area contributed by atoms with Gasteiger partial charge in [-0.05, 0) is 62.2 Å². The molecule has 0 unspecified atom stereocenters. The van der Waals surface area contributed by atoms with Gasteiger partial charge in [-0.1, -0.05) is 6.42 Å². The summed E-state index contributed by atoms with van der Waals surface area (Å²) in [5, 5.41) is 0. The van der Waals surface area contributed by atoms with Crippen LogP contribution in [0.3, 0.4) is 0 Å². The second-order valence-electron chi connectivity index (χ2n) is 6.80. The van der Waals surface area contributed by atoms with Crippen LogP contribution in [0.15, 0.2) is 47.4 Å². The van der Waals surface area contributed by atoms with Gasteiger partial charge in [0.15, 0.2) is 17.3 Å². The molecule has 0 amide bonds. The zero-order valence-electron chi connectivity index (χ0n) is 16.4. The first-order chi connectivity index (χ1) is 13.8. The van der Waals surface area contributed by atoms with Crippen LogP contribution in [-0.2, 0) is 10.0 Å². The van der Waals surface area contributed by atoms with E-state index in [-0.39, 0.29) is 27.7 Å². The van der Waals surface area contributed by atoms with Crippen molar-refractivity contribution in [1.29, 1.82) is 0 Å². The standard InChI is InChI=1S/C21H23NO6S/c1-15(23)17-8-11-19(20(14-17)27-2)28-21(24)16-6-9-18(10-7-16)29(25,26)22-12-4-3-5-13-22/h6-11,14H,3-5,12-13H2,1-2H3. The minimum absolute atomic E-state index is 0.133. The van der Waals surface area contributed by atoms with Crippen LogP contribution in [0.5, 0.6) is 11.5 Å². The number of benzene rings is 2. The molecule has 1 heterocycles. The second-order valence-corrected chi connectivity index (χ2v) is 8.74. The number of nitrogens with zero attached hydrogens (tertiary/aromatic N) is 1. The summed E-state index contributed by atoms with van der Waals surface area (Å²) in [5.74, 6) is -0.352. The molecule has 0 aliphatic carbocycles. The molecule has 3 rings (SSSR count). The van der Waals surface area contributed by atoms with Gasteiger partial charge >= 0.3 is 5.97 Å². The molecule has 29 heavy (non-hydrogen) atoms. The van der Waals surface area contributed by atoms with E-state index in [2.05, 4.69) is 0 Å². The number of carbonyl (C=O) groups is 2. The van der Waals surface area contributed by atoms with Gasteiger partial charge in [-0.15, -0.1) is 0 Å². The van der Waals surface area contributed by atoms with Crippen molar-refractivity contribution in [3.05, 3.63) is 53.6 Å². The Balaban J connectivity index is 1.76. The summed E-state index contributed by atoms with van der Waals surface area (Å²) >= 11 is 0. The van der Waals surface area contributed by atoms with E-state index in [0.29, 0.717) is 18.7 Å². The van der Waals surface area contributed by atoms with Crippen molar-refractivity contribution in [2.45, 2.75) is 31.1 Å². The maximum atomic E-state index is 12.7. The third-order valence-electron chi connectivity index (χ3n) is 4.82. The molecule has 154 valence electrons. The van der Waals surface area contributed by atoms with Gasteiger partial charge in [-0.25, -0.2) is 13.2 Å². The van der Waals surface area contributed by atoms with Crippen LogP contribution in [0, 0.1) is 0 Å². The summed E-state index contributed by atoms with van der Waals surface area (Å²) in [5.41, 5.74) is 0.647. The largest absolute Gasteiger partial charge is 0.493 e. The first-order valence-electron chi connectivity index (χ1n) is 9.34. The molecule has 0 aromatic heterocycles. The lowest BCUT2D eigenvalue weighted by Crippen LogP contribution is -2.35. The number of sulfonamides is 1. The fraction of sp³-hybridized carbons (Fsp3) is 0.333. The maximum Gasteiger partial charge on any atom is 0.343 e. The van der Waals surface area contributed by atoms with Gasteiger partial charge in [0, 0.05) is 18.7 Å². The second kappa shape index (κ2) is 8.75. The summed E-state index contributed by atoms with van der Waals surface area (Å²) in [6.45, 7) is 2.46. The Morgan fingerprint density at radius 1 is 0.897 bits per heavy atom. The van der Waals surface area contributed by atoms with Gasteiger partial charge in [-0.3, -0.25) is 4.79 Å². The Labute approximate surface area is 170 Å². The molecule has 1 fully saturated rings. The minimum Gasteiger partial charge on any atom is -0.493 e. The predicted octanol–water partition coefficient (Wildman–Crippen LogP) is 3.29. The monoisotopic (exact) mass is 417 g/mol. The number of ketones is 1. The number of ether oxygens (including phenoxy) is 2. The quantitative estimate of drug-likeness (QED) is 0.407. The third-order valence-corrected chi connectivity index (χ3v) is 6.73. The number of methoxy groups -OCH3 is 1. The van der Waals surface area contributed by atoms with Crippen LogP contribution < -0.4 is 9.47 Å². The fourth-order valence-corrected chi connectivity index (χ4v) is 4.66. The van der Waals surface area contributed by atoms with Crippen molar-refractivity contribution in [2.24, 2.45) is 0 Å². The Morgan fingerprint density at radius 3 is 2.10 bits per heavy atom. The molecule has 0 atom stereocenters. The lowest BCUT2D eigenvalue weighted by atomic mass is 10.1. The highest BCUT2D eigenvalue weighted by molar-refractivity contribution is 7.89. The van der Waals surface area contributed by atoms with E-state index in [1.807, 2.05) is 0 Å². The number of Topliss-reactive ketones (excluding diaryl/α,β-unsaturated/α-hetero) is 1. The zero-order valence-corrected chi connectivity index (χ0v) is 17.2. The first kappa shape index (κ1) is 21.0. The van der Waals surface area contributed by atoms with Crippen LogP contribution in [0.25, 0.3) is 0 Å². The van der Waals surface area contributed by atoms with E-state index in [9.17, 15) is 18.0 Å². The van der Waals surface area contributed by atoms with Gasteiger partial charge in [0.2, 0.25) is 10.0 Å². The van der Waals surface area contributed by atoms with E-state index < -0.39 is 16.0 Å². The highest BCUT2D eigenvalue weighted by atomic mass is 32.2. The van der Waals surface area contributed by atoms with Gasteiger partial charge in [0.25, 0.3) is 0 Å². The highest BCUT2D eigenvalue weighted by Crippen LogP contribution is 2.29. The molecule has 1 aliphatic rings. The van der Waals surface area contributed by atoms with E-state index >= 15 is 0 Å². The summed E-state index contributed by atoms with van der Waals surface area (Å²) in [7, 11) is -2.14. The minimum atomic E-state index is -3.56. The molecule has 2 aromatic carbocycles. The van der Waals surface area contributed by atoms with Crippen molar-refractivity contribution in [1.82, 2.24) is 4.31 Å². The molecular formula is C21H23NO6S. The van der Waals surface area contributed by atoms with E-state index in [1.54, 1.807) is 6.07 Å². The molecule has 2 aromatic rings. The number of piperidine rings is 1. The van der Waals surface area contributed by atoms with Crippen LogP contribution in [0.4, 0.5) is 0 Å². The summed E-state index contributed by atoms with van der Waals surface area (Å²) in [6.07, 6.45) is 2.75. The van der Waals surface area contributed by atoms with Crippen molar-refractivity contribution in [2.75, 3.05) is 20.2 Å². The van der Waals surface area contributed by atoms with Crippen molar-refractivity contribution in [3.63, 3.8) is 0 Å². The van der Waals surface area contributed by atoms with E-state index in [1.165, 1.54) is 54.7 Å². The zero-order chi connectivity index (χ0) is 21.0. The third kappa shape index (κ3) is 4.65. The predicted molar refractivity (Wildman–Crippen MR) is 107 cm³/mol. The highest BCUT2D eigenvalue weighted by Gasteiger charge is 2.26. The Hall–Kier alpha value is -2.71. The molecule has 0 spiro atoms. The van der Waals surface area contributed by atoms with Crippen LogP contribution in [0.1, 0.15) is 46.9 Å². The molecule has 7 nitrogen and oxygen atoms in total. The number of hydrogen-bond acceptors (Lipinski definition) is 6. The van der Waals surface area contributed by atoms with Crippen molar-refractivity contribution >= 4 is 21.8 Å². The molecule has 0 N–H and O–H groups in total. The number of hydrogen-bond donors (Lipinski definition) is 0. The average Bonchev–Trinajstić information content (AvgIpc) is 2.74. The normalized spacial score (nSPS) is 15.0. The van der Waals surface area contributed by atoms with Gasteiger partial charge < -0.3 is 9.47 Å². The van der Waals surface area contributed by atoms with E-state index in [0.717, 1.165) is 19.3 Å².